The summed E-state index contributed by atoms with van der Waals surface area (Å²) >= 11 is 5.89. The Morgan fingerprint density at radius 1 is 1.04 bits per heavy atom. The fourth-order valence-electron chi connectivity index (χ4n) is 2.93. The fourth-order valence-corrected chi connectivity index (χ4v) is 3.05. The lowest BCUT2D eigenvalue weighted by atomic mass is 9.96. The molecule has 0 spiro atoms. The summed E-state index contributed by atoms with van der Waals surface area (Å²) in [6, 6.07) is 12.1. The molecule has 0 aromatic heterocycles. The second-order valence-electron chi connectivity index (χ2n) is 6.16. The Labute approximate surface area is 149 Å². The molecule has 0 unspecified atom stereocenters. The van der Waals surface area contributed by atoms with E-state index in [9.17, 15) is 9.59 Å². The van der Waals surface area contributed by atoms with Crippen LogP contribution in [0.15, 0.2) is 42.5 Å². The maximum absolute atomic E-state index is 12.5. The van der Waals surface area contributed by atoms with Crippen molar-refractivity contribution in [2.75, 3.05) is 13.4 Å². The molecule has 1 heterocycles. The van der Waals surface area contributed by atoms with Crippen molar-refractivity contribution in [1.82, 2.24) is 0 Å². The van der Waals surface area contributed by atoms with Crippen molar-refractivity contribution in [3.8, 4) is 11.5 Å². The van der Waals surface area contributed by atoms with Crippen molar-refractivity contribution in [2.45, 2.75) is 18.3 Å². The van der Waals surface area contributed by atoms with Crippen LogP contribution in [0.5, 0.6) is 11.5 Å². The summed E-state index contributed by atoms with van der Waals surface area (Å²) in [5.74, 6) is 0.479. The van der Waals surface area contributed by atoms with Crippen molar-refractivity contribution in [1.29, 1.82) is 0 Å². The van der Waals surface area contributed by atoms with Crippen molar-refractivity contribution >= 4 is 23.4 Å². The predicted octanol–water partition coefficient (Wildman–Crippen LogP) is 3.53. The minimum absolute atomic E-state index is 0.144. The summed E-state index contributed by atoms with van der Waals surface area (Å²) in [5.41, 5.74) is 0.658. The Bertz CT molecular complexity index is 839. The lowest BCUT2D eigenvalue weighted by molar-refractivity contribution is -0.145. The third-order valence-corrected chi connectivity index (χ3v) is 4.82. The van der Waals surface area contributed by atoms with E-state index in [1.807, 2.05) is 12.1 Å². The topological polar surface area (TPSA) is 61.8 Å². The zero-order valence-electron chi connectivity index (χ0n) is 13.3. The SMILES string of the molecule is O=C(COC(=O)C1(c2ccc(Cl)cc2)CC1)c1ccc2c(c1)OCO2. The molecule has 1 saturated carbocycles. The van der Waals surface area contributed by atoms with E-state index in [1.165, 1.54) is 0 Å². The van der Waals surface area contributed by atoms with Gasteiger partial charge in [0.1, 0.15) is 0 Å². The molecule has 6 heteroatoms. The first kappa shape index (κ1) is 16.0. The summed E-state index contributed by atoms with van der Waals surface area (Å²) in [6.45, 7) is -0.153. The number of carbonyl (C=O) groups excluding carboxylic acids is 2. The van der Waals surface area contributed by atoms with Gasteiger partial charge < -0.3 is 14.2 Å². The second kappa shape index (κ2) is 6.08. The smallest absolute Gasteiger partial charge is 0.317 e. The standard InChI is InChI=1S/C19H15ClO5/c20-14-4-2-13(3-5-14)19(7-8-19)18(22)23-10-15(21)12-1-6-16-17(9-12)25-11-24-16/h1-6,9H,7-8,10-11H2. The van der Waals surface area contributed by atoms with Gasteiger partial charge in [-0.25, -0.2) is 0 Å². The molecule has 1 aliphatic heterocycles. The van der Waals surface area contributed by atoms with Crippen molar-refractivity contribution in [3.05, 3.63) is 58.6 Å². The van der Waals surface area contributed by atoms with Crippen LogP contribution in [0, 0.1) is 0 Å². The number of ketones is 1. The molecule has 25 heavy (non-hydrogen) atoms. The van der Waals surface area contributed by atoms with Gasteiger partial charge in [0.2, 0.25) is 6.79 Å². The minimum atomic E-state index is -0.639. The maximum atomic E-state index is 12.5. The van der Waals surface area contributed by atoms with Crippen LogP contribution < -0.4 is 9.47 Å². The van der Waals surface area contributed by atoms with Crippen LogP contribution in [0.25, 0.3) is 0 Å². The molecular weight excluding hydrogens is 344 g/mol. The lowest BCUT2D eigenvalue weighted by Crippen LogP contribution is -2.25. The van der Waals surface area contributed by atoms with Gasteiger partial charge in [-0.15, -0.1) is 0 Å². The highest BCUT2D eigenvalue weighted by molar-refractivity contribution is 6.30. The molecule has 0 radical (unpaired) electrons. The van der Waals surface area contributed by atoms with Gasteiger partial charge >= 0.3 is 5.97 Å². The largest absolute Gasteiger partial charge is 0.457 e. The molecule has 0 saturated heterocycles. The Morgan fingerprint density at radius 2 is 1.76 bits per heavy atom. The Balaban J connectivity index is 1.42. The van der Waals surface area contributed by atoms with Crippen LogP contribution in [0.3, 0.4) is 0 Å². The quantitative estimate of drug-likeness (QED) is 0.604. The Morgan fingerprint density at radius 3 is 2.48 bits per heavy atom. The van der Waals surface area contributed by atoms with Gasteiger partial charge in [0.05, 0.1) is 5.41 Å². The van der Waals surface area contributed by atoms with Crippen molar-refractivity contribution < 1.29 is 23.8 Å². The Hall–Kier alpha value is -2.53. The highest BCUT2D eigenvalue weighted by Gasteiger charge is 2.52. The van der Waals surface area contributed by atoms with E-state index in [2.05, 4.69) is 0 Å². The van der Waals surface area contributed by atoms with E-state index in [0.717, 1.165) is 5.56 Å². The molecule has 128 valence electrons. The third kappa shape index (κ3) is 2.96. The molecular formula is C19H15ClO5. The first-order valence-corrected chi connectivity index (χ1v) is 8.32. The summed E-state index contributed by atoms with van der Waals surface area (Å²) < 4.78 is 15.8. The zero-order valence-corrected chi connectivity index (χ0v) is 14.0. The minimum Gasteiger partial charge on any atom is -0.457 e. The van der Waals surface area contributed by atoms with Crippen LogP contribution in [-0.4, -0.2) is 25.2 Å². The first-order valence-electron chi connectivity index (χ1n) is 7.95. The van der Waals surface area contributed by atoms with Gasteiger partial charge in [-0.1, -0.05) is 23.7 Å². The van der Waals surface area contributed by atoms with Gasteiger partial charge in [0.25, 0.3) is 0 Å². The number of carbonyl (C=O) groups is 2. The predicted molar refractivity (Wildman–Crippen MR) is 90.2 cm³/mol. The van der Waals surface area contributed by atoms with E-state index in [4.69, 9.17) is 25.8 Å². The monoisotopic (exact) mass is 358 g/mol. The summed E-state index contributed by atoms with van der Waals surface area (Å²) in [7, 11) is 0. The normalized spacial score (nSPS) is 16.4. The third-order valence-electron chi connectivity index (χ3n) is 4.57. The number of hydrogen-bond acceptors (Lipinski definition) is 5. The molecule has 2 aliphatic rings. The van der Waals surface area contributed by atoms with Gasteiger partial charge in [-0.3, -0.25) is 9.59 Å². The Kier molecular flexibility index (Phi) is 3.88. The van der Waals surface area contributed by atoms with Crippen LogP contribution >= 0.6 is 11.6 Å². The molecule has 1 aliphatic carbocycles. The van der Waals surface area contributed by atoms with Crippen molar-refractivity contribution in [3.63, 3.8) is 0 Å². The fraction of sp³-hybridized carbons (Fsp3) is 0.263. The second-order valence-corrected chi connectivity index (χ2v) is 6.59. The number of rotatable bonds is 5. The maximum Gasteiger partial charge on any atom is 0.317 e. The molecule has 0 amide bonds. The van der Waals surface area contributed by atoms with Gasteiger partial charge in [-0.05, 0) is 48.7 Å². The molecule has 0 N–H and O–H groups in total. The van der Waals surface area contributed by atoms with Gasteiger partial charge in [0, 0.05) is 10.6 Å². The number of ether oxygens (including phenoxy) is 3. The van der Waals surface area contributed by atoms with Crippen LogP contribution in [0.2, 0.25) is 5.02 Å². The number of benzene rings is 2. The molecule has 1 fully saturated rings. The highest BCUT2D eigenvalue weighted by Crippen LogP contribution is 2.49. The van der Waals surface area contributed by atoms with Crippen LogP contribution in [0.4, 0.5) is 0 Å². The van der Waals surface area contributed by atoms with Gasteiger partial charge in [0.15, 0.2) is 23.9 Å². The summed E-state index contributed by atoms with van der Waals surface area (Å²) in [6.07, 6.45) is 1.43. The number of fused-ring (bicyclic) bond motifs is 1. The van der Waals surface area contributed by atoms with Gasteiger partial charge in [-0.2, -0.15) is 0 Å². The van der Waals surface area contributed by atoms with Crippen molar-refractivity contribution in [2.24, 2.45) is 0 Å². The molecule has 4 rings (SSSR count). The summed E-state index contributed by atoms with van der Waals surface area (Å²) in [4.78, 5) is 24.8. The number of esters is 1. The highest BCUT2D eigenvalue weighted by atomic mass is 35.5. The average molecular weight is 359 g/mol. The van der Waals surface area contributed by atoms with Crippen LogP contribution in [0.1, 0.15) is 28.8 Å². The van der Waals surface area contributed by atoms with E-state index in [-0.39, 0.29) is 25.2 Å². The van der Waals surface area contributed by atoms with E-state index in [0.29, 0.717) is 34.9 Å². The number of hydrogen-bond donors (Lipinski definition) is 0. The molecule has 0 bridgehead atoms. The molecule has 2 aromatic rings. The average Bonchev–Trinajstić information content (AvgIpc) is 3.30. The van der Waals surface area contributed by atoms with E-state index >= 15 is 0 Å². The molecule has 5 nitrogen and oxygen atoms in total. The number of halogens is 1. The summed E-state index contributed by atoms with van der Waals surface area (Å²) in [5, 5.41) is 0.617. The van der Waals surface area contributed by atoms with Crippen LogP contribution in [-0.2, 0) is 14.9 Å². The lowest BCUT2D eigenvalue weighted by Gasteiger charge is -2.14. The van der Waals surface area contributed by atoms with E-state index < -0.39 is 5.41 Å². The zero-order chi connectivity index (χ0) is 17.4. The van der Waals surface area contributed by atoms with E-state index in [1.54, 1.807) is 30.3 Å². The molecule has 0 atom stereocenters. The first-order chi connectivity index (χ1) is 12.1. The molecule has 2 aromatic carbocycles. The number of Topliss-reactive ketones (excluding diaryl/α,β-unsaturated/α-hetero) is 1.